The number of nitrogens with zero attached hydrogens (tertiary/aromatic N) is 1. The Kier molecular flexibility index (Phi) is 2.80. The van der Waals surface area contributed by atoms with Gasteiger partial charge in [0.1, 0.15) is 6.61 Å². The van der Waals surface area contributed by atoms with E-state index in [1.807, 2.05) is 6.08 Å². The van der Waals surface area contributed by atoms with Crippen LogP contribution in [-0.2, 0) is 11.2 Å². The molecule has 3 rings (SSSR count). The van der Waals surface area contributed by atoms with E-state index in [0.717, 1.165) is 34.6 Å². The van der Waals surface area contributed by atoms with Crippen LogP contribution >= 0.6 is 15.9 Å². The van der Waals surface area contributed by atoms with Crippen molar-refractivity contribution in [3.8, 4) is 5.75 Å². The van der Waals surface area contributed by atoms with Crippen molar-refractivity contribution < 1.29 is 9.47 Å². The lowest BCUT2D eigenvalue weighted by Crippen LogP contribution is -2.24. The fourth-order valence-corrected chi connectivity index (χ4v) is 2.87. The zero-order chi connectivity index (χ0) is 11.8. The quantitative estimate of drug-likeness (QED) is 0.863. The molecule has 2 heterocycles. The molecule has 1 atom stereocenters. The van der Waals surface area contributed by atoms with Crippen LogP contribution in [0.2, 0.25) is 0 Å². The molecule has 4 nitrogen and oxygen atoms in total. The molecule has 0 spiro atoms. The fraction of sp³-hybridized carbons (Fsp3) is 0.417. The number of nitrogens with one attached hydrogen (secondary N) is 1. The molecule has 1 unspecified atom stereocenters. The minimum absolute atomic E-state index is 0.0916. The molecule has 1 aliphatic heterocycles. The zero-order valence-corrected chi connectivity index (χ0v) is 11.1. The summed E-state index contributed by atoms with van der Waals surface area (Å²) >= 11 is 3.55. The van der Waals surface area contributed by atoms with Gasteiger partial charge in [0.2, 0.25) is 0 Å². The van der Waals surface area contributed by atoms with Crippen molar-refractivity contribution >= 4 is 26.1 Å². The molecule has 0 radical (unpaired) electrons. The number of hydrogen-bond donors (Lipinski definition) is 1. The standard InChI is InChI=1S/C12H13BrN2O2/c1-16-7-4-8-11(9(13)5-7)15-6-10-12(8)14-2-3-17-10/h5-7,14H,2-4H2,1H3. The third-order valence-electron chi connectivity index (χ3n) is 3.07. The molecule has 1 aliphatic carbocycles. The smallest absolute Gasteiger partial charge is 0.161 e. The van der Waals surface area contributed by atoms with Gasteiger partial charge in [-0.2, -0.15) is 0 Å². The number of halogens is 1. The molecule has 1 aromatic rings. The SMILES string of the molecule is COC1C=C(Br)c2ncc3c(c2C1)NCCO3. The summed E-state index contributed by atoms with van der Waals surface area (Å²) in [5.41, 5.74) is 3.21. The topological polar surface area (TPSA) is 43.4 Å². The van der Waals surface area contributed by atoms with E-state index in [-0.39, 0.29) is 6.10 Å². The van der Waals surface area contributed by atoms with Gasteiger partial charge in [0.25, 0.3) is 0 Å². The largest absolute Gasteiger partial charge is 0.488 e. The third kappa shape index (κ3) is 1.83. The first kappa shape index (κ1) is 11.0. The first-order chi connectivity index (χ1) is 8.29. The summed E-state index contributed by atoms with van der Waals surface area (Å²) in [4.78, 5) is 4.45. The summed E-state index contributed by atoms with van der Waals surface area (Å²) in [5.74, 6) is 0.840. The maximum Gasteiger partial charge on any atom is 0.161 e. The Balaban J connectivity index is 2.11. The Hall–Kier alpha value is -1.07. The summed E-state index contributed by atoms with van der Waals surface area (Å²) in [6.45, 7) is 1.53. The van der Waals surface area contributed by atoms with E-state index in [9.17, 15) is 0 Å². The highest BCUT2D eigenvalue weighted by Crippen LogP contribution is 2.39. The number of hydrogen-bond acceptors (Lipinski definition) is 4. The van der Waals surface area contributed by atoms with Gasteiger partial charge in [-0.05, 0) is 22.0 Å². The van der Waals surface area contributed by atoms with Crippen molar-refractivity contribution in [3.05, 3.63) is 23.5 Å². The lowest BCUT2D eigenvalue weighted by molar-refractivity contribution is 0.140. The van der Waals surface area contributed by atoms with E-state index in [1.165, 1.54) is 5.56 Å². The number of methoxy groups -OCH3 is 1. The van der Waals surface area contributed by atoms with Gasteiger partial charge in [0, 0.05) is 30.1 Å². The molecule has 90 valence electrons. The highest BCUT2D eigenvalue weighted by atomic mass is 79.9. The highest BCUT2D eigenvalue weighted by molar-refractivity contribution is 9.15. The van der Waals surface area contributed by atoms with E-state index in [0.29, 0.717) is 6.61 Å². The molecule has 17 heavy (non-hydrogen) atoms. The number of pyridine rings is 1. The third-order valence-corrected chi connectivity index (χ3v) is 3.71. The highest BCUT2D eigenvalue weighted by Gasteiger charge is 2.25. The van der Waals surface area contributed by atoms with Crippen LogP contribution < -0.4 is 10.1 Å². The van der Waals surface area contributed by atoms with E-state index in [4.69, 9.17) is 9.47 Å². The molecular weight excluding hydrogens is 284 g/mol. The Morgan fingerprint density at radius 2 is 2.47 bits per heavy atom. The van der Waals surface area contributed by atoms with Crippen LogP contribution in [0.15, 0.2) is 12.3 Å². The normalized spacial score (nSPS) is 21.8. The average Bonchev–Trinajstić information content (AvgIpc) is 2.38. The van der Waals surface area contributed by atoms with Crippen LogP contribution in [0.3, 0.4) is 0 Å². The Bertz CT molecular complexity index is 488. The summed E-state index contributed by atoms with van der Waals surface area (Å²) < 4.78 is 12.0. The summed E-state index contributed by atoms with van der Waals surface area (Å²) in [7, 11) is 1.72. The number of anilines is 1. The van der Waals surface area contributed by atoms with Crippen molar-refractivity contribution in [1.29, 1.82) is 0 Å². The van der Waals surface area contributed by atoms with E-state index in [2.05, 4.69) is 26.2 Å². The van der Waals surface area contributed by atoms with Gasteiger partial charge in [-0.1, -0.05) is 0 Å². The minimum atomic E-state index is 0.0916. The van der Waals surface area contributed by atoms with E-state index < -0.39 is 0 Å². The lowest BCUT2D eigenvalue weighted by atomic mass is 9.97. The molecular formula is C12H13BrN2O2. The fourth-order valence-electron chi connectivity index (χ4n) is 2.23. The summed E-state index contributed by atoms with van der Waals surface area (Å²) in [5, 5.41) is 3.39. The molecule has 0 saturated heterocycles. The van der Waals surface area contributed by atoms with Crippen LogP contribution in [0.1, 0.15) is 11.3 Å². The van der Waals surface area contributed by atoms with Crippen molar-refractivity contribution in [2.75, 3.05) is 25.6 Å². The van der Waals surface area contributed by atoms with Gasteiger partial charge in [-0.3, -0.25) is 4.98 Å². The minimum Gasteiger partial charge on any atom is -0.488 e. The Labute approximate surface area is 108 Å². The molecule has 2 aliphatic rings. The van der Waals surface area contributed by atoms with Gasteiger partial charge >= 0.3 is 0 Å². The van der Waals surface area contributed by atoms with Crippen molar-refractivity contribution in [2.45, 2.75) is 12.5 Å². The average molecular weight is 297 g/mol. The van der Waals surface area contributed by atoms with Gasteiger partial charge < -0.3 is 14.8 Å². The van der Waals surface area contributed by atoms with Crippen LogP contribution in [0.4, 0.5) is 5.69 Å². The Morgan fingerprint density at radius 3 is 3.29 bits per heavy atom. The molecule has 0 fully saturated rings. The molecule has 0 bridgehead atoms. The second-order valence-corrected chi connectivity index (χ2v) is 4.95. The molecule has 0 aromatic carbocycles. The molecule has 0 saturated carbocycles. The van der Waals surface area contributed by atoms with Crippen LogP contribution in [-0.4, -0.2) is 31.3 Å². The van der Waals surface area contributed by atoms with E-state index in [1.54, 1.807) is 13.3 Å². The Morgan fingerprint density at radius 1 is 1.59 bits per heavy atom. The lowest BCUT2D eigenvalue weighted by Gasteiger charge is -2.27. The molecule has 1 N–H and O–H groups in total. The number of aromatic nitrogens is 1. The summed E-state index contributed by atoms with van der Waals surface area (Å²) in [6, 6.07) is 0. The van der Waals surface area contributed by atoms with E-state index >= 15 is 0 Å². The molecule has 5 heteroatoms. The summed E-state index contributed by atoms with van der Waals surface area (Å²) in [6.07, 6.45) is 4.75. The van der Waals surface area contributed by atoms with Crippen molar-refractivity contribution in [1.82, 2.24) is 4.98 Å². The van der Waals surface area contributed by atoms with Crippen LogP contribution in [0.5, 0.6) is 5.75 Å². The molecule has 0 amide bonds. The zero-order valence-electron chi connectivity index (χ0n) is 9.50. The van der Waals surface area contributed by atoms with Crippen LogP contribution in [0.25, 0.3) is 4.48 Å². The van der Waals surface area contributed by atoms with Crippen LogP contribution in [0, 0.1) is 0 Å². The monoisotopic (exact) mass is 296 g/mol. The predicted molar refractivity (Wildman–Crippen MR) is 69.6 cm³/mol. The first-order valence-electron chi connectivity index (χ1n) is 5.58. The predicted octanol–water partition coefficient (Wildman–Crippen LogP) is 2.19. The number of rotatable bonds is 1. The number of fused-ring (bicyclic) bond motifs is 3. The van der Waals surface area contributed by atoms with Crippen molar-refractivity contribution in [3.63, 3.8) is 0 Å². The maximum atomic E-state index is 5.59. The first-order valence-corrected chi connectivity index (χ1v) is 6.38. The van der Waals surface area contributed by atoms with Gasteiger partial charge in [0.05, 0.1) is 23.7 Å². The van der Waals surface area contributed by atoms with Gasteiger partial charge in [-0.15, -0.1) is 0 Å². The van der Waals surface area contributed by atoms with Gasteiger partial charge in [-0.25, -0.2) is 0 Å². The molecule has 1 aromatic heterocycles. The van der Waals surface area contributed by atoms with Gasteiger partial charge in [0.15, 0.2) is 5.75 Å². The second kappa shape index (κ2) is 4.31. The maximum absolute atomic E-state index is 5.59. The number of ether oxygens (including phenoxy) is 2. The van der Waals surface area contributed by atoms with Crippen molar-refractivity contribution in [2.24, 2.45) is 0 Å². The second-order valence-electron chi connectivity index (χ2n) is 4.09.